The van der Waals surface area contributed by atoms with Gasteiger partial charge in [0.1, 0.15) is 5.34 Å². The Balaban J connectivity index is 2.39. The molecule has 0 spiro atoms. The fraction of sp³-hybridized carbons (Fsp3) is 0.455. The second-order valence-electron chi connectivity index (χ2n) is 4.10. The molecule has 1 aliphatic carbocycles. The van der Waals surface area contributed by atoms with Gasteiger partial charge in [0.15, 0.2) is 0 Å². The van der Waals surface area contributed by atoms with Gasteiger partial charge < -0.3 is 10.00 Å². The van der Waals surface area contributed by atoms with Crippen LogP contribution in [0.15, 0.2) is 30.3 Å². The Morgan fingerprint density at radius 1 is 1.13 bits per heavy atom. The lowest BCUT2D eigenvalue weighted by Gasteiger charge is -2.28. The van der Waals surface area contributed by atoms with Crippen LogP contribution in [0.2, 0.25) is 0 Å². The maximum absolute atomic E-state index is 12.2. The molecule has 0 amide bonds. The maximum Gasteiger partial charge on any atom is 0.260 e. The van der Waals surface area contributed by atoms with E-state index >= 15 is 0 Å². The first kappa shape index (κ1) is 10.9. The van der Waals surface area contributed by atoms with Crippen molar-refractivity contribution in [2.75, 3.05) is 0 Å². The van der Waals surface area contributed by atoms with Crippen molar-refractivity contribution in [2.45, 2.75) is 31.0 Å². The predicted molar refractivity (Wildman–Crippen MR) is 59.3 cm³/mol. The summed E-state index contributed by atoms with van der Waals surface area (Å²) in [5, 5.41) is 9.12. The van der Waals surface area contributed by atoms with E-state index in [2.05, 4.69) is 0 Å². The summed E-state index contributed by atoms with van der Waals surface area (Å²) in [4.78, 5) is 10.1. The molecule has 3 nitrogen and oxygen atoms in total. The van der Waals surface area contributed by atoms with E-state index < -0.39 is 12.7 Å². The van der Waals surface area contributed by atoms with Gasteiger partial charge in [-0.05, 0) is 37.8 Å². The molecule has 2 N–H and O–H groups in total. The second kappa shape index (κ2) is 3.75. The quantitative estimate of drug-likeness (QED) is 0.756. The molecule has 0 bridgehead atoms. The molecule has 82 valence electrons. The topological polar surface area (TPSA) is 57.5 Å². The van der Waals surface area contributed by atoms with Crippen molar-refractivity contribution in [3.05, 3.63) is 30.3 Å². The van der Waals surface area contributed by atoms with Crippen molar-refractivity contribution in [1.82, 2.24) is 0 Å². The highest BCUT2D eigenvalue weighted by molar-refractivity contribution is 7.67. The fourth-order valence-electron chi connectivity index (χ4n) is 2.11. The molecule has 1 fully saturated rings. The van der Waals surface area contributed by atoms with Crippen LogP contribution in [0.5, 0.6) is 0 Å². The largest absolute Gasteiger partial charge is 0.379 e. The minimum absolute atomic E-state index is 0.356. The Kier molecular flexibility index (Phi) is 2.72. The van der Waals surface area contributed by atoms with Crippen molar-refractivity contribution < 1.29 is 14.6 Å². The molecule has 0 saturated heterocycles. The summed E-state index contributed by atoms with van der Waals surface area (Å²) in [7, 11) is -3.65. The molecule has 1 saturated carbocycles. The monoisotopic (exact) mass is 226 g/mol. The standard InChI is InChI=1S/C11H15O3P/c12-11(8-4-5-9-11)15(13,14)10-6-2-1-3-7-10/h1-3,6-7,12H,4-5,8-9H2,(H,13,14). The maximum atomic E-state index is 12.2. The van der Waals surface area contributed by atoms with Gasteiger partial charge in [-0.15, -0.1) is 0 Å². The first-order valence-corrected chi connectivity index (χ1v) is 6.83. The van der Waals surface area contributed by atoms with Crippen LogP contribution in [0.25, 0.3) is 0 Å². The van der Waals surface area contributed by atoms with Gasteiger partial charge in [-0.2, -0.15) is 0 Å². The van der Waals surface area contributed by atoms with Gasteiger partial charge in [0, 0.05) is 5.30 Å². The molecule has 1 aliphatic rings. The number of rotatable bonds is 2. The summed E-state index contributed by atoms with van der Waals surface area (Å²) in [5.74, 6) is 0. The van der Waals surface area contributed by atoms with Crippen LogP contribution in [-0.2, 0) is 4.57 Å². The first-order valence-electron chi connectivity index (χ1n) is 5.17. The summed E-state index contributed by atoms with van der Waals surface area (Å²) >= 11 is 0. The third-order valence-corrected chi connectivity index (χ3v) is 5.65. The van der Waals surface area contributed by atoms with Crippen molar-refractivity contribution in [3.63, 3.8) is 0 Å². The Morgan fingerprint density at radius 3 is 2.20 bits per heavy atom. The SMILES string of the molecule is O=P(O)(c1ccccc1)C1(O)CCCC1. The Morgan fingerprint density at radius 2 is 1.67 bits per heavy atom. The van der Waals surface area contributed by atoms with E-state index in [1.165, 1.54) is 0 Å². The molecule has 0 heterocycles. The van der Waals surface area contributed by atoms with Crippen LogP contribution >= 0.6 is 7.37 Å². The highest BCUT2D eigenvalue weighted by Crippen LogP contribution is 2.58. The fourth-order valence-corrected chi connectivity index (χ4v) is 4.09. The van der Waals surface area contributed by atoms with Crippen LogP contribution in [-0.4, -0.2) is 15.3 Å². The normalized spacial score (nSPS) is 23.6. The highest BCUT2D eigenvalue weighted by atomic mass is 31.2. The molecule has 0 radical (unpaired) electrons. The summed E-state index contributed by atoms with van der Waals surface area (Å²) in [5.41, 5.74) is 0. The van der Waals surface area contributed by atoms with E-state index in [-0.39, 0.29) is 0 Å². The minimum Gasteiger partial charge on any atom is -0.379 e. The second-order valence-corrected chi connectivity index (χ2v) is 6.60. The molecular formula is C11H15O3P. The van der Waals surface area contributed by atoms with Crippen LogP contribution in [0.3, 0.4) is 0 Å². The smallest absolute Gasteiger partial charge is 0.260 e. The molecule has 0 aromatic heterocycles. The average Bonchev–Trinajstić information content (AvgIpc) is 2.68. The van der Waals surface area contributed by atoms with E-state index in [0.29, 0.717) is 18.1 Å². The van der Waals surface area contributed by atoms with Crippen LogP contribution < -0.4 is 5.30 Å². The van der Waals surface area contributed by atoms with Gasteiger partial charge in [0.25, 0.3) is 7.37 Å². The van der Waals surface area contributed by atoms with Crippen LogP contribution in [0.1, 0.15) is 25.7 Å². The molecule has 1 unspecified atom stereocenters. The number of benzene rings is 1. The summed E-state index contributed by atoms with van der Waals surface area (Å²) < 4.78 is 12.2. The van der Waals surface area contributed by atoms with E-state index in [1.807, 2.05) is 0 Å². The van der Waals surface area contributed by atoms with Crippen LogP contribution in [0.4, 0.5) is 0 Å². The van der Waals surface area contributed by atoms with E-state index in [1.54, 1.807) is 30.3 Å². The predicted octanol–water partition coefficient (Wildman–Crippen LogP) is 1.84. The zero-order valence-corrected chi connectivity index (χ0v) is 9.36. The lowest BCUT2D eigenvalue weighted by atomic mass is 10.3. The molecule has 1 atom stereocenters. The summed E-state index contributed by atoms with van der Waals surface area (Å²) in [6, 6.07) is 8.45. The zero-order valence-electron chi connectivity index (χ0n) is 8.47. The van der Waals surface area contributed by atoms with Gasteiger partial charge >= 0.3 is 0 Å². The van der Waals surface area contributed by atoms with Gasteiger partial charge in [0.05, 0.1) is 0 Å². The van der Waals surface area contributed by atoms with Crippen molar-refractivity contribution in [3.8, 4) is 0 Å². The van der Waals surface area contributed by atoms with Gasteiger partial charge in [-0.3, -0.25) is 4.57 Å². The van der Waals surface area contributed by atoms with Gasteiger partial charge in [0.2, 0.25) is 0 Å². The number of aliphatic hydroxyl groups is 1. The zero-order chi connectivity index (χ0) is 10.9. The van der Waals surface area contributed by atoms with Gasteiger partial charge in [-0.1, -0.05) is 18.2 Å². The number of hydrogen-bond donors (Lipinski definition) is 2. The molecule has 1 aromatic rings. The van der Waals surface area contributed by atoms with Crippen molar-refractivity contribution in [2.24, 2.45) is 0 Å². The van der Waals surface area contributed by atoms with Gasteiger partial charge in [-0.25, -0.2) is 0 Å². The van der Waals surface area contributed by atoms with Crippen molar-refractivity contribution >= 4 is 12.7 Å². The van der Waals surface area contributed by atoms with E-state index in [0.717, 1.165) is 12.8 Å². The highest BCUT2D eigenvalue weighted by Gasteiger charge is 2.48. The Hall–Kier alpha value is -0.630. The third-order valence-electron chi connectivity index (χ3n) is 3.07. The molecule has 1 aromatic carbocycles. The Labute approximate surface area is 89.2 Å². The average molecular weight is 226 g/mol. The molecule has 15 heavy (non-hydrogen) atoms. The molecule has 2 rings (SSSR count). The molecule has 4 heteroatoms. The minimum atomic E-state index is -3.65. The lowest BCUT2D eigenvalue weighted by molar-refractivity contribution is 0.119. The van der Waals surface area contributed by atoms with Crippen molar-refractivity contribution in [1.29, 1.82) is 0 Å². The third kappa shape index (κ3) is 1.76. The lowest BCUT2D eigenvalue weighted by Crippen LogP contribution is -2.29. The summed E-state index contributed by atoms with van der Waals surface area (Å²) in [6.45, 7) is 0. The first-order chi connectivity index (χ1) is 7.06. The number of hydrogen-bond acceptors (Lipinski definition) is 2. The van der Waals surface area contributed by atoms with E-state index in [9.17, 15) is 14.6 Å². The Bertz CT molecular complexity index is 382. The molecule has 0 aliphatic heterocycles. The van der Waals surface area contributed by atoms with E-state index in [4.69, 9.17) is 0 Å². The summed E-state index contributed by atoms with van der Waals surface area (Å²) in [6.07, 6.45) is 2.51. The van der Waals surface area contributed by atoms with Crippen LogP contribution in [0, 0.1) is 0 Å². The molecular weight excluding hydrogens is 211 g/mol.